The Bertz CT molecular complexity index is 742. The summed E-state index contributed by atoms with van der Waals surface area (Å²) in [6.07, 6.45) is 5.97. The van der Waals surface area contributed by atoms with Crippen molar-refractivity contribution in [2.45, 2.75) is 39.0 Å². The Labute approximate surface area is 158 Å². The van der Waals surface area contributed by atoms with Gasteiger partial charge in [-0.05, 0) is 71.6 Å². The highest BCUT2D eigenvalue weighted by molar-refractivity contribution is 9.10. The van der Waals surface area contributed by atoms with Crippen molar-refractivity contribution in [3.8, 4) is 11.1 Å². The largest absolute Gasteiger partial charge is 0.362 e. The maximum Gasteiger partial charge on any atom is 0.170 e. The molecular formula is C20H23BrN2S. The molecule has 0 bridgehead atoms. The zero-order valence-electron chi connectivity index (χ0n) is 14.0. The third kappa shape index (κ3) is 4.17. The maximum absolute atomic E-state index is 5.40. The number of halogens is 1. The molecule has 1 aliphatic carbocycles. The highest BCUT2D eigenvalue weighted by Gasteiger charge is 2.18. The summed E-state index contributed by atoms with van der Waals surface area (Å²) in [5.41, 5.74) is 6.48. The molecule has 0 saturated heterocycles. The zero-order chi connectivity index (χ0) is 16.9. The summed E-state index contributed by atoms with van der Waals surface area (Å²) in [4.78, 5) is 0. The number of anilines is 1. The van der Waals surface area contributed by atoms with Gasteiger partial charge in [-0.25, -0.2) is 0 Å². The first kappa shape index (κ1) is 17.4. The smallest absolute Gasteiger partial charge is 0.170 e. The fourth-order valence-corrected chi connectivity index (χ4v) is 3.81. The molecule has 0 heterocycles. The first-order valence-electron chi connectivity index (χ1n) is 8.64. The van der Waals surface area contributed by atoms with Gasteiger partial charge in [0, 0.05) is 16.7 Å². The average molecular weight is 403 g/mol. The molecule has 0 amide bonds. The van der Waals surface area contributed by atoms with Gasteiger partial charge in [-0.2, -0.15) is 0 Å². The van der Waals surface area contributed by atoms with Crippen molar-refractivity contribution < 1.29 is 0 Å². The van der Waals surface area contributed by atoms with Crippen LogP contribution in [-0.2, 0) is 6.42 Å². The van der Waals surface area contributed by atoms with Crippen LogP contribution in [0.5, 0.6) is 0 Å². The number of hydrogen-bond acceptors (Lipinski definition) is 1. The molecule has 24 heavy (non-hydrogen) atoms. The van der Waals surface area contributed by atoms with Crippen LogP contribution in [-0.4, -0.2) is 11.7 Å². The van der Waals surface area contributed by atoms with Crippen molar-refractivity contribution in [2.24, 2.45) is 0 Å². The molecule has 2 aromatic carbocycles. The zero-order valence-corrected chi connectivity index (χ0v) is 16.4. The Morgan fingerprint density at radius 3 is 2.58 bits per heavy atom. The van der Waals surface area contributed by atoms with Crippen molar-refractivity contribution in [3.05, 3.63) is 52.0 Å². The van der Waals surface area contributed by atoms with Crippen LogP contribution >= 0.6 is 28.1 Å². The molecule has 1 aliphatic rings. The Balaban J connectivity index is 1.59. The molecule has 2 N–H and O–H groups in total. The maximum atomic E-state index is 5.40. The molecule has 0 saturated carbocycles. The highest BCUT2D eigenvalue weighted by Crippen LogP contribution is 2.38. The van der Waals surface area contributed by atoms with E-state index in [1.54, 1.807) is 0 Å². The van der Waals surface area contributed by atoms with Crippen LogP contribution in [0.15, 0.2) is 40.9 Å². The molecule has 2 aromatic rings. The Kier molecular flexibility index (Phi) is 5.90. The van der Waals surface area contributed by atoms with Crippen LogP contribution in [0.2, 0.25) is 0 Å². The summed E-state index contributed by atoms with van der Waals surface area (Å²) in [6, 6.07) is 13.0. The monoisotopic (exact) mass is 402 g/mol. The summed E-state index contributed by atoms with van der Waals surface area (Å²) in [7, 11) is 0. The summed E-state index contributed by atoms with van der Waals surface area (Å²) in [6.45, 7) is 3.17. The third-order valence-corrected chi connectivity index (χ3v) is 5.16. The lowest BCUT2D eigenvalue weighted by atomic mass is 10.1. The predicted octanol–water partition coefficient (Wildman–Crippen LogP) is 5.89. The van der Waals surface area contributed by atoms with E-state index in [0.29, 0.717) is 5.11 Å². The fraction of sp³-hybridized carbons (Fsp3) is 0.350. The average Bonchev–Trinajstić information content (AvgIpc) is 2.91. The number of thiocarbonyl (C=S) groups is 1. The second-order valence-corrected chi connectivity index (χ2v) is 7.62. The Hall–Kier alpha value is -1.39. The van der Waals surface area contributed by atoms with E-state index in [-0.39, 0.29) is 0 Å². The molecular weight excluding hydrogens is 380 g/mol. The van der Waals surface area contributed by atoms with Crippen molar-refractivity contribution in [2.75, 3.05) is 11.9 Å². The molecule has 0 fully saturated rings. The normalized spacial score (nSPS) is 11.8. The summed E-state index contributed by atoms with van der Waals surface area (Å²) < 4.78 is 1.14. The summed E-state index contributed by atoms with van der Waals surface area (Å²) in [5, 5.41) is 7.32. The minimum atomic E-state index is 0.713. The van der Waals surface area contributed by atoms with Gasteiger partial charge in [0.25, 0.3) is 0 Å². The van der Waals surface area contributed by atoms with Gasteiger partial charge in [0.2, 0.25) is 0 Å². The van der Waals surface area contributed by atoms with Crippen LogP contribution in [0.25, 0.3) is 11.1 Å². The third-order valence-electron chi connectivity index (χ3n) is 4.42. The molecule has 4 heteroatoms. The van der Waals surface area contributed by atoms with Crippen molar-refractivity contribution in [1.29, 1.82) is 0 Å². The Morgan fingerprint density at radius 1 is 1.04 bits per heavy atom. The Morgan fingerprint density at radius 2 is 1.79 bits per heavy atom. The van der Waals surface area contributed by atoms with Crippen LogP contribution in [0.3, 0.4) is 0 Å². The van der Waals surface area contributed by atoms with E-state index < -0.39 is 0 Å². The minimum Gasteiger partial charge on any atom is -0.362 e. The van der Waals surface area contributed by atoms with Gasteiger partial charge in [-0.15, -0.1) is 0 Å². The standard InChI is InChI=1S/C20H23BrN2S/c1-2-3-4-5-10-22-20(24)23-17-7-9-19-15(13-17)11-14-12-16(21)6-8-18(14)19/h6-9,12-13H,2-5,10-11H2,1H3,(H2,22,23,24). The lowest BCUT2D eigenvalue weighted by Crippen LogP contribution is -2.29. The molecule has 0 aliphatic heterocycles. The van der Waals surface area contributed by atoms with Crippen LogP contribution < -0.4 is 10.6 Å². The molecule has 126 valence electrons. The molecule has 2 nitrogen and oxygen atoms in total. The van der Waals surface area contributed by atoms with Crippen molar-refractivity contribution in [3.63, 3.8) is 0 Å². The van der Waals surface area contributed by atoms with Gasteiger partial charge in [0.05, 0.1) is 0 Å². The van der Waals surface area contributed by atoms with Gasteiger partial charge in [-0.1, -0.05) is 54.2 Å². The van der Waals surface area contributed by atoms with E-state index in [4.69, 9.17) is 12.2 Å². The first-order chi connectivity index (χ1) is 11.7. The predicted molar refractivity (Wildman–Crippen MR) is 111 cm³/mol. The topological polar surface area (TPSA) is 24.1 Å². The van der Waals surface area contributed by atoms with E-state index in [0.717, 1.165) is 23.1 Å². The van der Waals surface area contributed by atoms with Crippen LogP contribution in [0, 0.1) is 0 Å². The summed E-state index contributed by atoms with van der Waals surface area (Å²) in [5.74, 6) is 0. The van der Waals surface area contributed by atoms with E-state index in [1.165, 1.54) is 47.9 Å². The minimum absolute atomic E-state index is 0.713. The van der Waals surface area contributed by atoms with Gasteiger partial charge in [0.1, 0.15) is 0 Å². The van der Waals surface area contributed by atoms with E-state index >= 15 is 0 Å². The molecule has 0 aromatic heterocycles. The van der Waals surface area contributed by atoms with Gasteiger partial charge < -0.3 is 10.6 Å². The van der Waals surface area contributed by atoms with Crippen LogP contribution in [0.1, 0.15) is 43.7 Å². The SMILES string of the molecule is CCCCCCNC(=S)Nc1ccc2c(c1)Cc1cc(Br)ccc1-2. The number of rotatable bonds is 6. The molecule has 0 unspecified atom stereocenters. The number of benzene rings is 2. The lowest BCUT2D eigenvalue weighted by molar-refractivity contribution is 0.655. The highest BCUT2D eigenvalue weighted by atomic mass is 79.9. The molecule has 3 rings (SSSR count). The van der Waals surface area contributed by atoms with Gasteiger partial charge in [-0.3, -0.25) is 0 Å². The van der Waals surface area contributed by atoms with Crippen LogP contribution in [0.4, 0.5) is 5.69 Å². The van der Waals surface area contributed by atoms with Crippen molar-refractivity contribution in [1.82, 2.24) is 5.32 Å². The van der Waals surface area contributed by atoms with E-state index in [1.807, 2.05) is 0 Å². The lowest BCUT2D eigenvalue weighted by Gasteiger charge is -2.11. The molecule has 0 spiro atoms. The number of nitrogens with one attached hydrogen (secondary N) is 2. The van der Waals surface area contributed by atoms with E-state index in [9.17, 15) is 0 Å². The second kappa shape index (κ2) is 8.13. The van der Waals surface area contributed by atoms with E-state index in [2.05, 4.69) is 69.9 Å². The molecule has 0 radical (unpaired) electrons. The summed E-state index contributed by atoms with van der Waals surface area (Å²) >= 11 is 8.96. The second-order valence-electron chi connectivity index (χ2n) is 6.29. The number of hydrogen-bond donors (Lipinski definition) is 2. The molecule has 0 atom stereocenters. The number of fused-ring (bicyclic) bond motifs is 3. The number of unbranched alkanes of at least 4 members (excludes halogenated alkanes) is 3. The fourth-order valence-electron chi connectivity index (χ4n) is 3.19. The van der Waals surface area contributed by atoms with Gasteiger partial charge in [0.15, 0.2) is 5.11 Å². The quantitative estimate of drug-likeness (QED) is 0.397. The first-order valence-corrected chi connectivity index (χ1v) is 9.84. The van der Waals surface area contributed by atoms with Gasteiger partial charge >= 0.3 is 0 Å². The van der Waals surface area contributed by atoms with Crippen molar-refractivity contribution >= 4 is 38.9 Å².